The van der Waals surface area contributed by atoms with Crippen LogP contribution >= 0.6 is 0 Å². The van der Waals surface area contributed by atoms with Crippen molar-refractivity contribution in [3.8, 4) is 0 Å². The standard InChI is InChI=1S/C10H11FN2O3/c11-8-4-2-1-3-7(8)9(14)13-5-6-16-10(12)15/h1-4H,5-6H2,(H2,12,15)(H,13,14). The van der Waals surface area contributed by atoms with E-state index in [0.29, 0.717) is 0 Å². The first-order chi connectivity index (χ1) is 7.61. The van der Waals surface area contributed by atoms with E-state index in [1.165, 1.54) is 18.2 Å². The number of primary amides is 1. The minimum atomic E-state index is -0.917. The fourth-order valence-electron chi connectivity index (χ4n) is 1.06. The number of benzene rings is 1. The first-order valence-corrected chi connectivity index (χ1v) is 4.56. The summed E-state index contributed by atoms with van der Waals surface area (Å²) in [5, 5.41) is 2.38. The van der Waals surface area contributed by atoms with Crippen LogP contribution in [0.15, 0.2) is 24.3 Å². The molecule has 1 aromatic rings. The van der Waals surface area contributed by atoms with Crippen molar-refractivity contribution < 1.29 is 18.7 Å². The van der Waals surface area contributed by atoms with Gasteiger partial charge in [-0.15, -0.1) is 0 Å². The zero-order valence-corrected chi connectivity index (χ0v) is 8.40. The number of nitrogens with one attached hydrogen (secondary N) is 1. The average Bonchev–Trinajstić information content (AvgIpc) is 2.24. The van der Waals surface area contributed by atoms with Crippen molar-refractivity contribution in [2.24, 2.45) is 5.73 Å². The van der Waals surface area contributed by atoms with Crippen LogP contribution in [-0.4, -0.2) is 25.2 Å². The molecule has 3 N–H and O–H groups in total. The Morgan fingerprint density at radius 1 is 1.38 bits per heavy atom. The molecule has 0 bridgehead atoms. The maximum absolute atomic E-state index is 13.1. The Bertz CT molecular complexity index is 395. The third-order valence-corrected chi connectivity index (χ3v) is 1.75. The van der Waals surface area contributed by atoms with Crippen molar-refractivity contribution in [2.75, 3.05) is 13.2 Å². The number of rotatable bonds is 4. The third-order valence-electron chi connectivity index (χ3n) is 1.75. The summed E-state index contributed by atoms with van der Waals surface area (Å²) in [5.74, 6) is -1.16. The molecule has 0 aliphatic heterocycles. The highest BCUT2D eigenvalue weighted by Gasteiger charge is 2.09. The maximum atomic E-state index is 13.1. The fraction of sp³-hybridized carbons (Fsp3) is 0.200. The van der Waals surface area contributed by atoms with E-state index >= 15 is 0 Å². The van der Waals surface area contributed by atoms with Crippen LogP contribution < -0.4 is 11.1 Å². The summed E-state index contributed by atoms with van der Waals surface area (Å²) in [6, 6.07) is 5.59. The predicted octanol–water partition coefficient (Wildman–Crippen LogP) is 0.651. The van der Waals surface area contributed by atoms with E-state index in [1.807, 2.05) is 0 Å². The van der Waals surface area contributed by atoms with E-state index in [-0.39, 0.29) is 18.7 Å². The molecule has 0 fully saturated rings. The van der Waals surface area contributed by atoms with Crippen LogP contribution in [0.3, 0.4) is 0 Å². The molecular formula is C10H11FN2O3. The molecular weight excluding hydrogens is 215 g/mol. The Hall–Kier alpha value is -2.11. The Labute approximate surface area is 91.4 Å². The first kappa shape index (κ1) is 12.0. The van der Waals surface area contributed by atoms with E-state index in [1.54, 1.807) is 6.07 Å². The molecule has 0 saturated carbocycles. The number of ether oxygens (including phenoxy) is 1. The molecule has 5 nitrogen and oxygen atoms in total. The van der Waals surface area contributed by atoms with E-state index in [0.717, 1.165) is 0 Å². The van der Waals surface area contributed by atoms with Gasteiger partial charge in [-0.2, -0.15) is 0 Å². The van der Waals surface area contributed by atoms with E-state index < -0.39 is 17.8 Å². The Balaban J connectivity index is 2.41. The molecule has 0 spiro atoms. The molecule has 0 saturated heterocycles. The van der Waals surface area contributed by atoms with Crippen LogP contribution in [-0.2, 0) is 4.74 Å². The smallest absolute Gasteiger partial charge is 0.404 e. The van der Waals surface area contributed by atoms with Gasteiger partial charge >= 0.3 is 6.09 Å². The zero-order chi connectivity index (χ0) is 12.0. The Morgan fingerprint density at radius 2 is 2.06 bits per heavy atom. The quantitative estimate of drug-likeness (QED) is 0.739. The minimum Gasteiger partial charge on any atom is -0.448 e. The fourth-order valence-corrected chi connectivity index (χ4v) is 1.06. The second kappa shape index (κ2) is 5.69. The summed E-state index contributed by atoms with van der Waals surface area (Å²) in [6.45, 7) is 0.0334. The van der Waals surface area contributed by atoms with Gasteiger partial charge in [-0.25, -0.2) is 9.18 Å². The lowest BCUT2D eigenvalue weighted by Gasteiger charge is -2.05. The molecule has 0 aliphatic rings. The molecule has 6 heteroatoms. The summed E-state index contributed by atoms with van der Waals surface area (Å²) in [6.07, 6.45) is -0.917. The summed E-state index contributed by atoms with van der Waals surface area (Å²) in [4.78, 5) is 21.6. The summed E-state index contributed by atoms with van der Waals surface area (Å²) < 4.78 is 17.5. The van der Waals surface area contributed by atoms with Gasteiger partial charge in [0.15, 0.2) is 0 Å². The second-order valence-corrected chi connectivity index (χ2v) is 2.90. The zero-order valence-electron chi connectivity index (χ0n) is 8.40. The molecule has 0 atom stereocenters. The van der Waals surface area contributed by atoms with Crippen molar-refractivity contribution in [3.63, 3.8) is 0 Å². The number of hydrogen-bond donors (Lipinski definition) is 2. The second-order valence-electron chi connectivity index (χ2n) is 2.90. The number of carbonyl (C=O) groups is 2. The van der Waals surface area contributed by atoms with E-state index in [2.05, 4.69) is 10.1 Å². The monoisotopic (exact) mass is 226 g/mol. The topological polar surface area (TPSA) is 81.4 Å². The number of nitrogens with two attached hydrogens (primary N) is 1. The van der Waals surface area contributed by atoms with Crippen LogP contribution in [0.4, 0.5) is 9.18 Å². The van der Waals surface area contributed by atoms with Gasteiger partial charge in [0.25, 0.3) is 5.91 Å². The third kappa shape index (κ3) is 3.56. The SMILES string of the molecule is NC(=O)OCCNC(=O)c1ccccc1F. The van der Waals surface area contributed by atoms with Gasteiger partial charge in [-0.3, -0.25) is 4.79 Å². The van der Waals surface area contributed by atoms with Crippen molar-refractivity contribution in [1.29, 1.82) is 0 Å². The molecule has 0 aliphatic carbocycles. The minimum absolute atomic E-state index is 0.0461. The largest absolute Gasteiger partial charge is 0.448 e. The van der Waals surface area contributed by atoms with E-state index in [4.69, 9.17) is 5.73 Å². The number of amides is 2. The lowest BCUT2D eigenvalue weighted by atomic mass is 10.2. The lowest BCUT2D eigenvalue weighted by molar-refractivity contribution is 0.0933. The molecule has 16 heavy (non-hydrogen) atoms. The molecule has 1 aromatic carbocycles. The first-order valence-electron chi connectivity index (χ1n) is 4.56. The highest BCUT2D eigenvalue weighted by atomic mass is 19.1. The van der Waals surface area contributed by atoms with Crippen molar-refractivity contribution in [3.05, 3.63) is 35.6 Å². The van der Waals surface area contributed by atoms with Gasteiger partial charge in [-0.05, 0) is 12.1 Å². The van der Waals surface area contributed by atoms with E-state index in [9.17, 15) is 14.0 Å². The average molecular weight is 226 g/mol. The number of hydrogen-bond acceptors (Lipinski definition) is 3. The summed E-state index contributed by atoms with van der Waals surface area (Å²) >= 11 is 0. The van der Waals surface area contributed by atoms with Crippen molar-refractivity contribution >= 4 is 12.0 Å². The Morgan fingerprint density at radius 3 is 2.69 bits per heavy atom. The van der Waals surface area contributed by atoms with Gasteiger partial charge in [0.05, 0.1) is 12.1 Å². The molecule has 1 rings (SSSR count). The van der Waals surface area contributed by atoms with Crippen LogP contribution in [0, 0.1) is 5.82 Å². The van der Waals surface area contributed by atoms with Gasteiger partial charge < -0.3 is 15.8 Å². The summed E-state index contributed by atoms with van der Waals surface area (Å²) in [5.41, 5.74) is 4.66. The van der Waals surface area contributed by atoms with Crippen LogP contribution in [0.2, 0.25) is 0 Å². The number of halogens is 1. The number of carbonyl (C=O) groups excluding carboxylic acids is 2. The maximum Gasteiger partial charge on any atom is 0.404 e. The van der Waals surface area contributed by atoms with Crippen LogP contribution in [0.1, 0.15) is 10.4 Å². The summed E-state index contributed by atoms with van der Waals surface area (Å²) in [7, 11) is 0. The molecule has 0 radical (unpaired) electrons. The van der Waals surface area contributed by atoms with Gasteiger partial charge in [-0.1, -0.05) is 12.1 Å². The predicted molar refractivity (Wildman–Crippen MR) is 54.3 cm³/mol. The normalized spacial score (nSPS) is 9.56. The van der Waals surface area contributed by atoms with Crippen molar-refractivity contribution in [2.45, 2.75) is 0 Å². The van der Waals surface area contributed by atoms with Gasteiger partial charge in [0, 0.05) is 0 Å². The van der Waals surface area contributed by atoms with Gasteiger partial charge in [0.1, 0.15) is 12.4 Å². The molecule has 0 heterocycles. The highest BCUT2D eigenvalue weighted by molar-refractivity contribution is 5.94. The van der Waals surface area contributed by atoms with Crippen LogP contribution in [0.5, 0.6) is 0 Å². The Kier molecular flexibility index (Phi) is 4.26. The van der Waals surface area contributed by atoms with Crippen molar-refractivity contribution in [1.82, 2.24) is 5.32 Å². The molecule has 0 aromatic heterocycles. The molecule has 86 valence electrons. The molecule has 2 amide bonds. The highest BCUT2D eigenvalue weighted by Crippen LogP contribution is 2.05. The molecule has 0 unspecified atom stereocenters. The van der Waals surface area contributed by atoms with Gasteiger partial charge in [0.2, 0.25) is 0 Å². The van der Waals surface area contributed by atoms with Crippen LogP contribution in [0.25, 0.3) is 0 Å². The lowest BCUT2D eigenvalue weighted by Crippen LogP contribution is -2.29.